The molecule has 2 heterocycles. The van der Waals surface area contributed by atoms with Crippen LogP contribution < -0.4 is 10.2 Å². The fraction of sp³-hybridized carbons (Fsp3) is 0.357. The Bertz CT molecular complexity index is 1310. The van der Waals surface area contributed by atoms with Crippen LogP contribution in [0.2, 0.25) is 10.0 Å². The van der Waals surface area contributed by atoms with Crippen LogP contribution in [0.15, 0.2) is 66.3 Å². The van der Waals surface area contributed by atoms with Gasteiger partial charge in [-0.2, -0.15) is 0 Å². The number of carbonyl (C=O) groups is 2. The molecule has 1 aromatic heterocycles. The topological polar surface area (TPSA) is 83.4 Å². The summed E-state index contributed by atoms with van der Waals surface area (Å²) in [5.74, 6) is 0.582. The quantitative estimate of drug-likeness (QED) is 0.255. The monoisotopic (exact) mass is 586 g/mol. The Hall–Kier alpha value is -3.01. The van der Waals surface area contributed by atoms with E-state index in [1.54, 1.807) is 18.2 Å². The summed E-state index contributed by atoms with van der Waals surface area (Å²) >= 11 is 13.6. The van der Waals surface area contributed by atoms with Gasteiger partial charge in [0.15, 0.2) is 11.0 Å². The Labute approximate surface area is 243 Å². The minimum atomic E-state index is -0.437. The molecule has 3 aromatic rings. The van der Waals surface area contributed by atoms with E-state index in [2.05, 4.69) is 39.1 Å². The number of anilines is 1. The molecule has 2 aromatic carbocycles. The number of aromatic nitrogens is 3. The van der Waals surface area contributed by atoms with Crippen molar-refractivity contribution in [2.75, 3.05) is 36.8 Å². The number of amides is 2. The van der Waals surface area contributed by atoms with Crippen molar-refractivity contribution in [2.45, 2.75) is 31.6 Å². The zero-order valence-electron chi connectivity index (χ0n) is 22.0. The van der Waals surface area contributed by atoms with E-state index < -0.39 is 6.04 Å². The first-order valence-corrected chi connectivity index (χ1v) is 14.5. The predicted molar refractivity (Wildman–Crippen MR) is 158 cm³/mol. The van der Waals surface area contributed by atoms with E-state index in [0.29, 0.717) is 41.2 Å². The number of carbonyl (C=O) groups excluding carboxylic acids is 2. The van der Waals surface area contributed by atoms with Gasteiger partial charge in [0.2, 0.25) is 5.91 Å². The lowest BCUT2D eigenvalue weighted by Crippen LogP contribution is -2.49. The van der Waals surface area contributed by atoms with E-state index in [1.165, 1.54) is 23.5 Å². The predicted octanol–water partition coefficient (Wildman–Crippen LogP) is 5.34. The summed E-state index contributed by atoms with van der Waals surface area (Å²) in [6, 6.07) is 14.6. The molecule has 0 unspecified atom stereocenters. The van der Waals surface area contributed by atoms with Crippen molar-refractivity contribution in [3.05, 3.63) is 82.6 Å². The molecule has 1 fully saturated rings. The van der Waals surface area contributed by atoms with E-state index in [4.69, 9.17) is 23.2 Å². The molecule has 2 amide bonds. The molecule has 1 N–H and O–H groups in total. The van der Waals surface area contributed by atoms with Crippen LogP contribution in [0.1, 0.15) is 36.1 Å². The average Bonchev–Trinajstić information content (AvgIpc) is 3.32. The van der Waals surface area contributed by atoms with Crippen molar-refractivity contribution in [1.29, 1.82) is 0 Å². The summed E-state index contributed by atoms with van der Waals surface area (Å²) in [7, 11) is 0. The minimum absolute atomic E-state index is 0.00758. The van der Waals surface area contributed by atoms with Gasteiger partial charge in [-0.1, -0.05) is 73.1 Å². The lowest BCUT2D eigenvalue weighted by atomic mass is 10.0. The van der Waals surface area contributed by atoms with Crippen molar-refractivity contribution in [3.8, 4) is 0 Å². The molecule has 1 aliphatic rings. The minimum Gasteiger partial charge on any atom is -0.368 e. The summed E-state index contributed by atoms with van der Waals surface area (Å²) < 4.78 is 1.90. The first-order valence-electron chi connectivity index (χ1n) is 12.8. The van der Waals surface area contributed by atoms with Crippen LogP contribution in [0.3, 0.4) is 0 Å². The van der Waals surface area contributed by atoms with Gasteiger partial charge in [-0.25, -0.2) is 0 Å². The summed E-state index contributed by atoms with van der Waals surface area (Å²) in [5.41, 5.74) is 1.50. The number of nitrogens with zero attached hydrogens (tertiary/aromatic N) is 5. The maximum absolute atomic E-state index is 13.1. The summed E-state index contributed by atoms with van der Waals surface area (Å²) in [4.78, 5) is 30.3. The summed E-state index contributed by atoms with van der Waals surface area (Å²) in [6.07, 6.45) is 1.75. The lowest BCUT2D eigenvalue weighted by molar-refractivity contribution is -0.128. The largest absolute Gasteiger partial charge is 0.368 e. The normalized spacial score (nSPS) is 14.4. The third kappa shape index (κ3) is 7.15. The van der Waals surface area contributed by atoms with Crippen molar-refractivity contribution in [2.24, 2.45) is 5.92 Å². The second-order valence-electron chi connectivity index (χ2n) is 9.55. The average molecular weight is 588 g/mol. The highest BCUT2D eigenvalue weighted by Gasteiger charge is 2.28. The second kappa shape index (κ2) is 13.4. The van der Waals surface area contributed by atoms with Gasteiger partial charge in [0, 0.05) is 43.4 Å². The molecule has 0 saturated carbocycles. The first kappa shape index (κ1) is 29.0. The molecule has 0 spiro atoms. The number of para-hydroxylation sites is 1. The lowest BCUT2D eigenvalue weighted by Gasteiger charge is -2.36. The Balaban J connectivity index is 1.42. The van der Waals surface area contributed by atoms with Gasteiger partial charge < -0.3 is 19.7 Å². The van der Waals surface area contributed by atoms with Gasteiger partial charge in [0.1, 0.15) is 0 Å². The Morgan fingerprint density at radius 3 is 2.44 bits per heavy atom. The fourth-order valence-corrected chi connectivity index (χ4v) is 5.78. The Morgan fingerprint density at radius 1 is 1.08 bits per heavy atom. The van der Waals surface area contributed by atoms with E-state index in [9.17, 15) is 9.59 Å². The van der Waals surface area contributed by atoms with E-state index in [1.807, 2.05) is 41.5 Å². The maximum Gasteiger partial charge on any atom is 0.253 e. The third-order valence-electron chi connectivity index (χ3n) is 6.54. The first-order chi connectivity index (χ1) is 18.8. The molecular weight excluding hydrogens is 555 g/mol. The zero-order valence-corrected chi connectivity index (χ0v) is 24.3. The van der Waals surface area contributed by atoms with Crippen molar-refractivity contribution >= 4 is 52.5 Å². The molecular formula is C28H32Cl2N6O2S. The van der Waals surface area contributed by atoms with Crippen LogP contribution >= 0.6 is 35.0 Å². The molecule has 4 rings (SSSR count). The molecule has 11 heteroatoms. The molecule has 1 atom stereocenters. The van der Waals surface area contributed by atoms with E-state index in [0.717, 1.165) is 13.1 Å². The number of benzene rings is 2. The highest BCUT2D eigenvalue weighted by molar-refractivity contribution is 7.99. The molecule has 1 saturated heterocycles. The number of nitrogens with one attached hydrogen (secondary N) is 1. The van der Waals surface area contributed by atoms with Crippen LogP contribution in [0.25, 0.3) is 0 Å². The highest BCUT2D eigenvalue weighted by Crippen LogP contribution is 2.27. The van der Waals surface area contributed by atoms with Crippen molar-refractivity contribution in [3.63, 3.8) is 0 Å². The summed E-state index contributed by atoms with van der Waals surface area (Å²) in [5, 5.41) is 13.2. The van der Waals surface area contributed by atoms with Gasteiger partial charge in [-0.05, 0) is 36.2 Å². The molecule has 1 aliphatic heterocycles. The number of allylic oxidation sites excluding steroid dienone is 1. The van der Waals surface area contributed by atoms with Gasteiger partial charge in [-0.15, -0.1) is 16.8 Å². The van der Waals surface area contributed by atoms with E-state index >= 15 is 0 Å². The zero-order chi connectivity index (χ0) is 27.9. The van der Waals surface area contributed by atoms with Crippen LogP contribution in [0.5, 0.6) is 0 Å². The van der Waals surface area contributed by atoms with Gasteiger partial charge in [-0.3, -0.25) is 9.59 Å². The molecule has 0 aliphatic carbocycles. The standard InChI is InChI=1S/C28H32Cl2N6O2S/c1-4-12-36-26(25(19(2)3)31-27(38)22-11-10-20(29)17-23(22)30)32-33-28(36)39-18-24(37)35-15-13-34(14-16-35)21-8-6-5-7-9-21/h4-11,17,19,25H,1,12-16,18H2,2-3H3,(H,31,38)/t25-/m0/s1. The second-order valence-corrected chi connectivity index (χ2v) is 11.3. The van der Waals surface area contributed by atoms with Gasteiger partial charge >= 0.3 is 0 Å². The van der Waals surface area contributed by atoms with Crippen LogP contribution in [0, 0.1) is 5.92 Å². The SMILES string of the molecule is C=CCn1c(SCC(=O)N2CCN(c3ccccc3)CC2)nnc1[C@@H](NC(=O)c1ccc(Cl)cc1Cl)C(C)C. The molecule has 0 bridgehead atoms. The summed E-state index contributed by atoms with van der Waals surface area (Å²) in [6.45, 7) is 11.2. The van der Waals surface area contributed by atoms with Crippen molar-refractivity contribution < 1.29 is 9.59 Å². The van der Waals surface area contributed by atoms with Gasteiger partial charge in [0.05, 0.1) is 22.4 Å². The molecule has 206 valence electrons. The smallest absolute Gasteiger partial charge is 0.253 e. The number of hydrogen-bond acceptors (Lipinski definition) is 6. The number of piperazine rings is 1. The number of rotatable bonds is 10. The van der Waals surface area contributed by atoms with E-state index in [-0.39, 0.29) is 28.5 Å². The van der Waals surface area contributed by atoms with Gasteiger partial charge in [0.25, 0.3) is 5.91 Å². The number of hydrogen-bond donors (Lipinski definition) is 1. The van der Waals surface area contributed by atoms with Crippen LogP contribution in [-0.4, -0.2) is 63.4 Å². The Kier molecular flexibility index (Phi) is 9.94. The van der Waals surface area contributed by atoms with Crippen LogP contribution in [0.4, 0.5) is 5.69 Å². The number of thioether (sulfide) groups is 1. The van der Waals surface area contributed by atoms with Crippen molar-refractivity contribution in [1.82, 2.24) is 25.0 Å². The molecule has 8 nitrogen and oxygen atoms in total. The number of halogens is 2. The highest BCUT2D eigenvalue weighted by atomic mass is 35.5. The third-order valence-corrected chi connectivity index (χ3v) is 8.04. The molecule has 0 radical (unpaired) electrons. The maximum atomic E-state index is 13.1. The fourth-order valence-electron chi connectivity index (χ4n) is 4.43. The van der Waals surface area contributed by atoms with Crippen LogP contribution in [-0.2, 0) is 11.3 Å². The Morgan fingerprint density at radius 2 is 1.79 bits per heavy atom. The molecule has 39 heavy (non-hydrogen) atoms.